The molecule has 0 aliphatic heterocycles. The van der Waals surface area contributed by atoms with Crippen LogP contribution in [0.2, 0.25) is 0 Å². The van der Waals surface area contributed by atoms with Gasteiger partial charge in [0, 0.05) is 17.4 Å². The third-order valence-corrected chi connectivity index (χ3v) is 4.02. The van der Waals surface area contributed by atoms with Gasteiger partial charge in [-0.2, -0.15) is 11.3 Å². The van der Waals surface area contributed by atoms with Gasteiger partial charge in [0.2, 0.25) is 11.8 Å². The third kappa shape index (κ3) is 3.84. The van der Waals surface area contributed by atoms with Crippen LogP contribution in [0.25, 0.3) is 11.5 Å². The number of benzene rings is 1. The van der Waals surface area contributed by atoms with E-state index in [1.54, 1.807) is 11.3 Å². The van der Waals surface area contributed by atoms with Crippen LogP contribution in [0.4, 0.5) is 0 Å². The number of carbonyl (C=O) groups is 1. The number of thiophene rings is 1. The first-order valence-corrected chi connectivity index (χ1v) is 8.19. The Morgan fingerprint density at radius 3 is 2.87 bits per heavy atom. The normalized spacial score (nSPS) is 10.7. The molecule has 0 N–H and O–H groups in total. The van der Waals surface area contributed by atoms with E-state index in [1.165, 1.54) is 0 Å². The Morgan fingerprint density at radius 2 is 2.13 bits per heavy atom. The third-order valence-electron chi connectivity index (χ3n) is 3.33. The molecule has 2 aromatic heterocycles. The lowest BCUT2D eigenvalue weighted by molar-refractivity contribution is -0.134. The van der Waals surface area contributed by atoms with Gasteiger partial charge in [-0.1, -0.05) is 17.7 Å². The predicted molar refractivity (Wildman–Crippen MR) is 87.5 cm³/mol. The molecule has 3 rings (SSSR count). The molecule has 23 heavy (non-hydrogen) atoms. The Labute approximate surface area is 137 Å². The van der Waals surface area contributed by atoms with Crippen molar-refractivity contribution in [3.05, 3.63) is 52.0 Å². The zero-order chi connectivity index (χ0) is 16.2. The van der Waals surface area contributed by atoms with Gasteiger partial charge in [-0.3, -0.25) is 4.79 Å². The number of ether oxygens (including phenoxy) is 1. The average Bonchev–Trinajstić information content (AvgIpc) is 3.18. The molecule has 0 atom stereocenters. The van der Waals surface area contributed by atoms with E-state index in [-0.39, 0.29) is 12.4 Å². The highest BCUT2D eigenvalue weighted by molar-refractivity contribution is 7.08. The quantitative estimate of drug-likeness (QED) is 0.524. The van der Waals surface area contributed by atoms with Crippen LogP contribution in [-0.2, 0) is 11.2 Å². The van der Waals surface area contributed by atoms with Crippen molar-refractivity contribution in [1.82, 2.24) is 10.2 Å². The van der Waals surface area contributed by atoms with Gasteiger partial charge in [0.25, 0.3) is 0 Å². The van der Waals surface area contributed by atoms with Gasteiger partial charge < -0.3 is 9.15 Å². The van der Waals surface area contributed by atoms with Crippen molar-refractivity contribution < 1.29 is 13.9 Å². The number of hydrogen-bond acceptors (Lipinski definition) is 6. The summed E-state index contributed by atoms with van der Waals surface area (Å²) in [6, 6.07) is 7.62. The lowest BCUT2D eigenvalue weighted by Gasteiger charge is -2.07. The number of rotatable bonds is 5. The molecule has 0 saturated carbocycles. The van der Waals surface area contributed by atoms with Gasteiger partial charge >= 0.3 is 5.97 Å². The number of nitrogens with zero attached hydrogens (tertiary/aromatic N) is 2. The van der Waals surface area contributed by atoms with E-state index in [4.69, 9.17) is 9.15 Å². The molecule has 0 bridgehead atoms. The summed E-state index contributed by atoms with van der Waals surface area (Å²) in [6.45, 7) is 3.92. The molecule has 5 nitrogen and oxygen atoms in total. The van der Waals surface area contributed by atoms with Crippen molar-refractivity contribution in [3.8, 4) is 17.2 Å². The molecule has 6 heteroatoms. The molecular formula is C17H16N2O3S. The lowest BCUT2D eigenvalue weighted by atomic mass is 10.1. The first kappa shape index (κ1) is 15.4. The lowest BCUT2D eigenvalue weighted by Crippen LogP contribution is -2.10. The summed E-state index contributed by atoms with van der Waals surface area (Å²) < 4.78 is 10.9. The molecule has 0 aliphatic rings. The SMILES string of the molecule is Cc1ccc(OC(=O)CCc2nnc(-c3ccsc3)o2)c(C)c1. The summed E-state index contributed by atoms with van der Waals surface area (Å²) in [7, 11) is 0. The molecule has 0 amide bonds. The summed E-state index contributed by atoms with van der Waals surface area (Å²) in [6.07, 6.45) is 0.555. The maximum atomic E-state index is 11.9. The minimum atomic E-state index is -0.313. The zero-order valence-corrected chi connectivity index (χ0v) is 13.7. The smallest absolute Gasteiger partial charge is 0.311 e. The van der Waals surface area contributed by atoms with Crippen molar-refractivity contribution in [2.45, 2.75) is 26.7 Å². The van der Waals surface area contributed by atoms with Crippen molar-refractivity contribution in [1.29, 1.82) is 0 Å². The van der Waals surface area contributed by atoms with E-state index in [0.717, 1.165) is 16.7 Å². The topological polar surface area (TPSA) is 65.2 Å². The van der Waals surface area contributed by atoms with E-state index in [1.807, 2.05) is 48.9 Å². The fourth-order valence-corrected chi connectivity index (χ4v) is 2.78. The van der Waals surface area contributed by atoms with Gasteiger partial charge in [0.05, 0.1) is 6.42 Å². The molecule has 118 valence electrons. The van der Waals surface area contributed by atoms with E-state index in [0.29, 0.717) is 24.0 Å². The Kier molecular flexibility index (Phi) is 4.52. The molecule has 0 spiro atoms. The molecule has 0 fully saturated rings. The molecule has 0 aliphatic carbocycles. The molecule has 0 saturated heterocycles. The average molecular weight is 328 g/mol. The van der Waals surface area contributed by atoms with Gasteiger partial charge in [-0.05, 0) is 36.9 Å². The number of aryl methyl sites for hydroxylation is 3. The molecular weight excluding hydrogens is 312 g/mol. The van der Waals surface area contributed by atoms with Crippen molar-refractivity contribution in [2.75, 3.05) is 0 Å². The summed E-state index contributed by atoms with van der Waals surface area (Å²) in [5, 5.41) is 11.8. The summed E-state index contributed by atoms with van der Waals surface area (Å²) in [4.78, 5) is 11.9. The first-order valence-electron chi connectivity index (χ1n) is 7.25. The minimum absolute atomic E-state index is 0.193. The fraction of sp³-hybridized carbons (Fsp3) is 0.235. The summed E-state index contributed by atoms with van der Waals surface area (Å²) in [5.74, 6) is 1.19. The second-order valence-electron chi connectivity index (χ2n) is 5.26. The zero-order valence-electron chi connectivity index (χ0n) is 12.9. The van der Waals surface area contributed by atoms with Gasteiger partial charge in [-0.15, -0.1) is 10.2 Å². The van der Waals surface area contributed by atoms with E-state index in [2.05, 4.69) is 10.2 Å². The summed E-state index contributed by atoms with van der Waals surface area (Å²) in [5.41, 5.74) is 2.97. The van der Waals surface area contributed by atoms with Crippen molar-refractivity contribution >= 4 is 17.3 Å². The predicted octanol–water partition coefficient (Wildman–Crippen LogP) is 3.95. The Bertz CT molecular complexity index is 809. The standard InChI is InChI=1S/C17H16N2O3S/c1-11-3-4-14(12(2)9-11)21-16(20)6-5-15-18-19-17(22-15)13-7-8-23-10-13/h3-4,7-10H,5-6H2,1-2H3. The molecule has 1 aromatic carbocycles. The van der Waals surface area contributed by atoms with Crippen molar-refractivity contribution in [3.63, 3.8) is 0 Å². The monoisotopic (exact) mass is 328 g/mol. The van der Waals surface area contributed by atoms with Crippen molar-refractivity contribution in [2.24, 2.45) is 0 Å². The second-order valence-corrected chi connectivity index (χ2v) is 6.04. The number of carbonyl (C=O) groups excluding carboxylic acids is 1. The maximum Gasteiger partial charge on any atom is 0.311 e. The Hall–Kier alpha value is -2.47. The van der Waals surface area contributed by atoms with Gasteiger partial charge in [-0.25, -0.2) is 0 Å². The maximum absolute atomic E-state index is 11.9. The van der Waals surface area contributed by atoms with Crippen LogP contribution in [-0.4, -0.2) is 16.2 Å². The molecule has 0 radical (unpaired) electrons. The molecule has 0 unspecified atom stereocenters. The second kappa shape index (κ2) is 6.75. The highest BCUT2D eigenvalue weighted by Gasteiger charge is 2.12. The largest absolute Gasteiger partial charge is 0.426 e. The van der Waals surface area contributed by atoms with E-state index >= 15 is 0 Å². The van der Waals surface area contributed by atoms with Gasteiger partial charge in [0.15, 0.2) is 0 Å². The Balaban J connectivity index is 1.57. The van der Waals surface area contributed by atoms with E-state index in [9.17, 15) is 4.79 Å². The Morgan fingerprint density at radius 1 is 1.26 bits per heavy atom. The number of esters is 1. The first-order chi connectivity index (χ1) is 11.1. The highest BCUT2D eigenvalue weighted by atomic mass is 32.1. The van der Waals surface area contributed by atoms with Crippen LogP contribution >= 0.6 is 11.3 Å². The van der Waals surface area contributed by atoms with Crippen LogP contribution in [0.5, 0.6) is 5.75 Å². The highest BCUT2D eigenvalue weighted by Crippen LogP contribution is 2.22. The number of hydrogen-bond donors (Lipinski definition) is 0. The molecule has 3 aromatic rings. The van der Waals surface area contributed by atoms with Gasteiger partial charge in [0.1, 0.15) is 5.75 Å². The van der Waals surface area contributed by atoms with Crippen LogP contribution in [0.15, 0.2) is 39.4 Å². The van der Waals surface area contributed by atoms with E-state index < -0.39 is 0 Å². The number of aromatic nitrogens is 2. The fourth-order valence-electron chi connectivity index (χ4n) is 2.15. The van der Waals surface area contributed by atoms with Crippen LogP contribution in [0.1, 0.15) is 23.4 Å². The molecule has 2 heterocycles. The van der Waals surface area contributed by atoms with Crippen LogP contribution in [0, 0.1) is 13.8 Å². The van der Waals surface area contributed by atoms with Crippen LogP contribution in [0.3, 0.4) is 0 Å². The van der Waals surface area contributed by atoms with Crippen LogP contribution < -0.4 is 4.74 Å². The summed E-state index contributed by atoms with van der Waals surface area (Å²) >= 11 is 1.56. The minimum Gasteiger partial charge on any atom is -0.426 e.